The Balaban J connectivity index is 2.21. The van der Waals surface area contributed by atoms with Crippen LogP contribution in [0.2, 0.25) is 5.02 Å². The number of thiophene rings is 1. The molecule has 0 spiro atoms. The van der Waals surface area contributed by atoms with E-state index < -0.39 is 10.0 Å². The number of rotatable bonds is 5. The van der Waals surface area contributed by atoms with Crippen LogP contribution in [-0.4, -0.2) is 15.5 Å². The van der Waals surface area contributed by atoms with E-state index in [1.807, 2.05) is 18.4 Å². The summed E-state index contributed by atoms with van der Waals surface area (Å²) in [6.45, 7) is 2.54. The summed E-state index contributed by atoms with van der Waals surface area (Å²) in [7, 11) is -2.03. The van der Waals surface area contributed by atoms with Crippen molar-refractivity contribution in [2.75, 3.05) is 12.4 Å². The maximum absolute atomic E-state index is 11.8. The Kier molecular flexibility index (Phi) is 4.70. The predicted molar refractivity (Wildman–Crippen MR) is 84.1 cm³/mol. The largest absolute Gasteiger partial charge is 0.380 e. The Labute approximate surface area is 127 Å². The van der Waals surface area contributed by atoms with Gasteiger partial charge in [0.25, 0.3) is 0 Å². The van der Waals surface area contributed by atoms with Gasteiger partial charge in [-0.15, -0.1) is 11.3 Å². The molecule has 0 saturated heterocycles. The normalized spacial score (nSPS) is 11.6. The Morgan fingerprint density at radius 2 is 2.05 bits per heavy atom. The number of hydrogen-bond acceptors (Lipinski definition) is 4. The van der Waals surface area contributed by atoms with Gasteiger partial charge in [-0.3, -0.25) is 0 Å². The zero-order valence-corrected chi connectivity index (χ0v) is 13.5. The fourth-order valence-electron chi connectivity index (χ4n) is 1.71. The second-order valence-corrected chi connectivity index (χ2v) is 7.59. The maximum atomic E-state index is 11.8. The van der Waals surface area contributed by atoms with E-state index in [1.54, 1.807) is 29.5 Å². The summed E-state index contributed by atoms with van der Waals surface area (Å²) in [4.78, 5) is 1.34. The minimum absolute atomic E-state index is 0.248. The van der Waals surface area contributed by atoms with Gasteiger partial charge in [0.2, 0.25) is 10.0 Å². The highest BCUT2D eigenvalue weighted by Gasteiger charge is 2.12. The number of halogens is 1. The van der Waals surface area contributed by atoms with Gasteiger partial charge in [-0.2, -0.15) is 0 Å². The van der Waals surface area contributed by atoms with Crippen molar-refractivity contribution in [3.05, 3.63) is 45.1 Å². The minimum atomic E-state index is -3.42. The van der Waals surface area contributed by atoms with Gasteiger partial charge in [0.15, 0.2) is 0 Å². The molecule has 2 N–H and O–H groups in total. The average molecular weight is 331 g/mol. The molecular weight excluding hydrogens is 316 g/mol. The second-order valence-electron chi connectivity index (χ2n) is 4.27. The van der Waals surface area contributed by atoms with Crippen LogP contribution in [0.5, 0.6) is 0 Å². The van der Waals surface area contributed by atoms with Gasteiger partial charge < -0.3 is 5.32 Å². The highest BCUT2D eigenvalue weighted by Crippen LogP contribution is 2.23. The first-order valence-corrected chi connectivity index (χ1v) is 8.67. The monoisotopic (exact) mass is 330 g/mol. The van der Waals surface area contributed by atoms with Crippen LogP contribution in [0.25, 0.3) is 0 Å². The van der Waals surface area contributed by atoms with Gasteiger partial charge in [-0.25, -0.2) is 13.1 Å². The molecule has 4 nitrogen and oxygen atoms in total. The number of aryl methyl sites for hydroxylation is 1. The van der Waals surface area contributed by atoms with E-state index in [0.717, 1.165) is 21.2 Å². The molecule has 2 rings (SSSR count). The zero-order valence-electron chi connectivity index (χ0n) is 11.1. The molecule has 0 aliphatic carbocycles. The molecular formula is C13H15ClN2O2S2. The van der Waals surface area contributed by atoms with Crippen molar-refractivity contribution < 1.29 is 8.42 Å². The van der Waals surface area contributed by atoms with Crippen molar-refractivity contribution >= 4 is 38.6 Å². The van der Waals surface area contributed by atoms with Crippen molar-refractivity contribution in [2.24, 2.45) is 0 Å². The number of benzene rings is 1. The van der Waals surface area contributed by atoms with Crippen molar-refractivity contribution in [1.29, 1.82) is 0 Å². The van der Waals surface area contributed by atoms with Gasteiger partial charge in [0.1, 0.15) is 0 Å². The maximum Gasteiger partial charge on any atom is 0.240 e. The van der Waals surface area contributed by atoms with E-state index in [-0.39, 0.29) is 4.90 Å². The zero-order chi connectivity index (χ0) is 14.8. The van der Waals surface area contributed by atoms with E-state index in [1.165, 1.54) is 7.05 Å². The lowest BCUT2D eigenvalue weighted by molar-refractivity contribution is 0.588. The van der Waals surface area contributed by atoms with Gasteiger partial charge in [-0.1, -0.05) is 17.7 Å². The lowest BCUT2D eigenvalue weighted by Crippen LogP contribution is -2.18. The van der Waals surface area contributed by atoms with Crippen LogP contribution >= 0.6 is 22.9 Å². The van der Waals surface area contributed by atoms with Crippen LogP contribution in [-0.2, 0) is 16.6 Å². The molecule has 0 aliphatic heterocycles. The number of anilines is 1. The lowest BCUT2D eigenvalue weighted by atomic mass is 10.2. The minimum Gasteiger partial charge on any atom is -0.380 e. The molecule has 0 bridgehead atoms. The van der Waals surface area contributed by atoms with Gasteiger partial charge in [0, 0.05) is 22.5 Å². The topological polar surface area (TPSA) is 58.2 Å². The van der Waals surface area contributed by atoms with E-state index in [2.05, 4.69) is 10.0 Å². The summed E-state index contributed by atoms with van der Waals surface area (Å²) in [6, 6.07) is 6.90. The second kappa shape index (κ2) is 6.13. The number of sulfonamides is 1. The van der Waals surface area contributed by atoms with Crippen LogP contribution in [0.4, 0.5) is 5.69 Å². The highest BCUT2D eigenvalue weighted by atomic mass is 35.5. The molecule has 2 aromatic rings. The fraction of sp³-hybridized carbons (Fsp3) is 0.231. The third-order valence-electron chi connectivity index (χ3n) is 2.86. The smallest absolute Gasteiger partial charge is 0.240 e. The Hall–Kier alpha value is -1.08. The quantitative estimate of drug-likeness (QED) is 0.885. The van der Waals surface area contributed by atoms with Crippen molar-refractivity contribution in [2.45, 2.75) is 18.4 Å². The van der Waals surface area contributed by atoms with Crippen LogP contribution < -0.4 is 10.0 Å². The number of nitrogens with one attached hydrogen (secondary N) is 2. The van der Waals surface area contributed by atoms with Crippen LogP contribution in [0.3, 0.4) is 0 Å². The highest BCUT2D eigenvalue weighted by molar-refractivity contribution is 7.89. The lowest BCUT2D eigenvalue weighted by Gasteiger charge is -2.11. The molecule has 1 heterocycles. The SMILES string of the molecule is CNS(=O)(=O)c1ccc(C)c(NCc2cc(Cl)cs2)c1. The van der Waals surface area contributed by atoms with Gasteiger partial charge in [0.05, 0.1) is 9.92 Å². The van der Waals surface area contributed by atoms with Crippen molar-refractivity contribution in [3.8, 4) is 0 Å². The molecule has 0 aliphatic rings. The Bertz CT molecular complexity index is 711. The molecule has 7 heteroatoms. The van der Waals surface area contributed by atoms with E-state index in [0.29, 0.717) is 6.54 Å². The van der Waals surface area contributed by atoms with Crippen molar-refractivity contribution in [3.63, 3.8) is 0 Å². The van der Waals surface area contributed by atoms with Crippen molar-refractivity contribution in [1.82, 2.24) is 4.72 Å². The van der Waals surface area contributed by atoms with Crippen LogP contribution in [0.1, 0.15) is 10.4 Å². The third-order valence-corrected chi connectivity index (χ3v) is 5.56. The standard InChI is InChI=1S/C13H15ClN2O2S2/c1-9-3-4-12(20(17,18)15-2)6-13(9)16-7-11-5-10(14)8-19-11/h3-6,8,15-16H,7H2,1-2H3. The molecule has 0 radical (unpaired) electrons. The molecule has 0 fully saturated rings. The average Bonchev–Trinajstić information content (AvgIpc) is 2.83. The molecule has 108 valence electrons. The fourth-order valence-corrected chi connectivity index (χ4v) is 3.47. The predicted octanol–water partition coefficient (Wildman–Crippen LogP) is 3.23. The molecule has 1 aromatic heterocycles. The van der Waals surface area contributed by atoms with E-state index in [9.17, 15) is 8.42 Å². The summed E-state index contributed by atoms with van der Waals surface area (Å²) in [6.07, 6.45) is 0. The summed E-state index contributed by atoms with van der Waals surface area (Å²) in [5.41, 5.74) is 1.79. The summed E-state index contributed by atoms with van der Waals surface area (Å²) >= 11 is 7.44. The summed E-state index contributed by atoms with van der Waals surface area (Å²) < 4.78 is 25.9. The summed E-state index contributed by atoms with van der Waals surface area (Å²) in [5, 5.41) is 5.82. The van der Waals surface area contributed by atoms with E-state index in [4.69, 9.17) is 11.6 Å². The van der Waals surface area contributed by atoms with Crippen LogP contribution in [0.15, 0.2) is 34.5 Å². The van der Waals surface area contributed by atoms with Crippen LogP contribution in [0, 0.1) is 6.92 Å². The third kappa shape index (κ3) is 3.52. The van der Waals surface area contributed by atoms with Gasteiger partial charge in [-0.05, 0) is 37.7 Å². The molecule has 1 aromatic carbocycles. The molecule has 0 unspecified atom stereocenters. The first-order valence-electron chi connectivity index (χ1n) is 5.93. The Morgan fingerprint density at radius 1 is 1.30 bits per heavy atom. The molecule has 20 heavy (non-hydrogen) atoms. The summed E-state index contributed by atoms with van der Waals surface area (Å²) in [5.74, 6) is 0. The molecule has 0 saturated carbocycles. The first-order chi connectivity index (χ1) is 9.42. The molecule has 0 atom stereocenters. The van der Waals surface area contributed by atoms with E-state index >= 15 is 0 Å². The van der Waals surface area contributed by atoms with Gasteiger partial charge >= 0.3 is 0 Å². The Morgan fingerprint density at radius 3 is 2.65 bits per heavy atom. The first kappa shape index (κ1) is 15.3. The number of hydrogen-bond donors (Lipinski definition) is 2. The molecule has 0 amide bonds.